The van der Waals surface area contributed by atoms with E-state index in [9.17, 15) is 13.2 Å². The largest absolute Gasteiger partial charge is 0.336 e. The Balaban J connectivity index is 3.45. The molecule has 0 bridgehead atoms. The fraction of sp³-hybridized carbons (Fsp3) is 0.462. The van der Waals surface area contributed by atoms with Crippen LogP contribution >= 0.6 is 11.6 Å². The van der Waals surface area contributed by atoms with Crippen molar-refractivity contribution in [2.75, 3.05) is 6.54 Å². The number of amides is 1. The average molecular weight is 319 g/mol. The molecule has 1 aromatic rings. The van der Waals surface area contributed by atoms with Crippen LogP contribution in [0.25, 0.3) is 0 Å². The van der Waals surface area contributed by atoms with Crippen LogP contribution in [0.2, 0.25) is 5.02 Å². The van der Waals surface area contributed by atoms with E-state index >= 15 is 0 Å². The van der Waals surface area contributed by atoms with E-state index in [0.717, 1.165) is 0 Å². The van der Waals surface area contributed by atoms with Gasteiger partial charge < -0.3 is 4.90 Å². The molecule has 1 aromatic carbocycles. The summed E-state index contributed by atoms with van der Waals surface area (Å²) in [6, 6.07) is 2.54. The van der Waals surface area contributed by atoms with Crippen molar-refractivity contribution < 1.29 is 13.2 Å². The number of nitrogens with zero attached hydrogens (tertiary/aromatic N) is 1. The van der Waals surface area contributed by atoms with Crippen molar-refractivity contribution in [2.24, 2.45) is 5.14 Å². The van der Waals surface area contributed by atoms with Crippen molar-refractivity contribution in [3.8, 4) is 0 Å². The highest BCUT2D eigenvalue weighted by Gasteiger charge is 2.22. The van der Waals surface area contributed by atoms with Crippen molar-refractivity contribution >= 4 is 27.5 Å². The van der Waals surface area contributed by atoms with Crippen LogP contribution < -0.4 is 5.14 Å². The number of rotatable bonds is 4. The molecule has 0 aliphatic carbocycles. The molecule has 0 unspecified atom stereocenters. The predicted octanol–water partition coefficient (Wildman–Crippen LogP) is 2.17. The summed E-state index contributed by atoms with van der Waals surface area (Å²) in [6.45, 7) is 7.84. The summed E-state index contributed by atoms with van der Waals surface area (Å²) in [6.07, 6.45) is 0. The molecule has 2 N–H and O–H groups in total. The predicted molar refractivity (Wildman–Crippen MR) is 79.4 cm³/mol. The first-order valence-corrected chi connectivity index (χ1v) is 8.16. The lowest BCUT2D eigenvalue weighted by atomic mass is 10.1. The van der Waals surface area contributed by atoms with Gasteiger partial charge in [0.1, 0.15) is 0 Å². The molecule has 0 fully saturated rings. The number of halogens is 1. The van der Waals surface area contributed by atoms with Crippen molar-refractivity contribution in [1.82, 2.24) is 4.90 Å². The molecular weight excluding hydrogens is 300 g/mol. The topological polar surface area (TPSA) is 80.5 Å². The second-order valence-corrected chi connectivity index (χ2v) is 6.78. The number of sulfonamides is 1. The van der Waals surface area contributed by atoms with Gasteiger partial charge in [-0.1, -0.05) is 11.6 Å². The summed E-state index contributed by atoms with van der Waals surface area (Å²) in [5.41, 5.74) is 0.806. The van der Waals surface area contributed by atoms with Crippen molar-refractivity contribution in [1.29, 1.82) is 0 Å². The Morgan fingerprint density at radius 3 is 2.35 bits per heavy atom. The molecule has 0 spiro atoms. The third-order valence-electron chi connectivity index (χ3n) is 3.10. The van der Waals surface area contributed by atoms with Gasteiger partial charge >= 0.3 is 0 Å². The number of primary sulfonamides is 1. The molecule has 1 rings (SSSR count). The van der Waals surface area contributed by atoms with E-state index in [2.05, 4.69) is 0 Å². The van der Waals surface area contributed by atoms with Crippen LogP contribution in [0, 0.1) is 6.92 Å². The van der Waals surface area contributed by atoms with Gasteiger partial charge in [-0.2, -0.15) is 0 Å². The molecule has 0 aliphatic rings. The first-order chi connectivity index (χ1) is 9.09. The second kappa shape index (κ2) is 6.11. The first-order valence-electron chi connectivity index (χ1n) is 6.23. The van der Waals surface area contributed by atoms with Gasteiger partial charge in [0.15, 0.2) is 0 Å². The van der Waals surface area contributed by atoms with Crippen molar-refractivity contribution in [2.45, 2.75) is 38.6 Å². The van der Waals surface area contributed by atoms with Crippen LogP contribution in [0.1, 0.15) is 36.7 Å². The Hall–Kier alpha value is -1.11. The maximum absolute atomic E-state index is 12.5. The minimum absolute atomic E-state index is 0.00353. The SMILES string of the molecule is CCN(C(=O)c1cc(S(N)(=O)=O)cc(Cl)c1C)C(C)C. The molecule has 0 radical (unpaired) electrons. The molecule has 20 heavy (non-hydrogen) atoms. The average Bonchev–Trinajstić information content (AvgIpc) is 2.31. The molecule has 0 atom stereocenters. The highest BCUT2D eigenvalue weighted by atomic mass is 35.5. The highest BCUT2D eigenvalue weighted by molar-refractivity contribution is 7.89. The number of carbonyl (C=O) groups is 1. The van der Waals surface area contributed by atoms with E-state index in [4.69, 9.17) is 16.7 Å². The lowest BCUT2D eigenvalue weighted by Gasteiger charge is -2.26. The first kappa shape index (κ1) is 16.9. The van der Waals surface area contributed by atoms with Gasteiger partial charge in [0, 0.05) is 23.2 Å². The van der Waals surface area contributed by atoms with Gasteiger partial charge in [0.25, 0.3) is 5.91 Å². The van der Waals surface area contributed by atoms with E-state index < -0.39 is 10.0 Å². The third kappa shape index (κ3) is 3.50. The van der Waals surface area contributed by atoms with Gasteiger partial charge in [-0.05, 0) is 45.4 Å². The number of carbonyl (C=O) groups excluding carboxylic acids is 1. The number of nitrogens with two attached hydrogens (primary N) is 1. The standard InChI is InChI=1S/C13H19ClN2O3S/c1-5-16(8(2)3)13(17)11-6-10(20(15,18)19)7-12(14)9(11)4/h6-8H,5H2,1-4H3,(H2,15,18,19). The summed E-state index contributed by atoms with van der Waals surface area (Å²) in [7, 11) is -3.91. The number of benzene rings is 1. The minimum Gasteiger partial charge on any atom is -0.336 e. The van der Waals surface area contributed by atoms with E-state index in [1.54, 1.807) is 11.8 Å². The van der Waals surface area contributed by atoms with Gasteiger partial charge in [-0.25, -0.2) is 13.6 Å². The van der Waals surface area contributed by atoms with Gasteiger partial charge in [-0.3, -0.25) is 4.79 Å². The smallest absolute Gasteiger partial charge is 0.254 e. The Kier molecular flexibility index (Phi) is 5.18. The van der Waals surface area contributed by atoms with Gasteiger partial charge in [0.2, 0.25) is 10.0 Å². The molecule has 1 amide bonds. The lowest BCUT2D eigenvalue weighted by Crippen LogP contribution is -2.37. The van der Waals surface area contributed by atoms with E-state index in [1.807, 2.05) is 20.8 Å². The molecular formula is C13H19ClN2O3S. The Bertz CT molecular complexity index is 627. The molecule has 0 aliphatic heterocycles. The molecule has 0 saturated carbocycles. The summed E-state index contributed by atoms with van der Waals surface area (Å²) in [5.74, 6) is -0.257. The number of hydrogen-bond acceptors (Lipinski definition) is 3. The lowest BCUT2D eigenvalue weighted by molar-refractivity contribution is 0.0716. The van der Waals surface area contributed by atoms with Crippen LogP contribution in [0.15, 0.2) is 17.0 Å². The molecule has 0 aromatic heterocycles. The van der Waals surface area contributed by atoms with E-state index in [0.29, 0.717) is 12.1 Å². The van der Waals surface area contributed by atoms with Crippen molar-refractivity contribution in [3.63, 3.8) is 0 Å². The second-order valence-electron chi connectivity index (χ2n) is 4.81. The quantitative estimate of drug-likeness (QED) is 0.923. The van der Waals surface area contributed by atoms with Gasteiger partial charge in [-0.15, -0.1) is 0 Å². The van der Waals surface area contributed by atoms with Crippen LogP contribution in [0.5, 0.6) is 0 Å². The maximum Gasteiger partial charge on any atom is 0.254 e. The summed E-state index contributed by atoms with van der Waals surface area (Å²) in [4.78, 5) is 14.0. The van der Waals surface area contributed by atoms with Crippen LogP contribution in [0.4, 0.5) is 0 Å². The third-order valence-corrected chi connectivity index (χ3v) is 4.39. The monoisotopic (exact) mass is 318 g/mol. The van der Waals surface area contributed by atoms with Crippen molar-refractivity contribution in [3.05, 3.63) is 28.3 Å². The summed E-state index contributed by atoms with van der Waals surface area (Å²) < 4.78 is 22.9. The maximum atomic E-state index is 12.5. The fourth-order valence-corrected chi connectivity index (χ4v) is 2.79. The Labute approximate surface area is 124 Å². The Morgan fingerprint density at radius 2 is 1.95 bits per heavy atom. The Morgan fingerprint density at radius 1 is 1.40 bits per heavy atom. The minimum atomic E-state index is -3.91. The summed E-state index contributed by atoms with van der Waals surface area (Å²) >= 11 is 6.01. The zero-order valence-electron chi connectivity index (χ0n) is 12.0. The molecule has 5 nitrogen and oxygen atoms in total. The van der Waals surface area contributed by atoms with E-state index in [1.165, 1.54) is 12.1 Å². The molecule has 7 heteroatoms. The van der Waals surface area contributed by atoms with E-state index in [-0.39, 0.29) is 27.4 Å². The van der Waals surface area contributed by atoms with Crippen LogP contribution in [0.3, 0.4) is 0 Å². The molecule has 112 valence electrons. The molecule has 0 heterocycles. The fourth-order valence-electron chi connectivity index (χ4n) is 1.94. The van der Waals surface area contributed by atoms with Crippen LogP contribution in [-0.2, 0) is 10.0 Å². The highest BCUT2D eigenvalue weighted by Crippen LogP contribution is 2.25. The normalized spacial score (nSPS) is 11.8. The summed E-state index contributed by atoms with van der Waals surface area (Å²) in [5, 5.41) is 5.31. The zero-order valence-corrected chi connectivity index (χ0v) is 13.5. The number of hydrogen-bond donors (Lipinski definition) is 1. The van der Waals surface area contributed by atoms with Crippen LogP contribution in [-0.4, -0.2) is 31.8 Å². The zero-order chi connectivity index (χ0) is 15.7. The molecule has 0 saturated heterocycles. The van der Waals surface area contributed by atoms with Gasteiger partial charge in [0.05, 0.1) is 4.90 Å².